The SMILES string of the molecule is CCc1ccc(C=CC(=O)O)c(C(=O)C(C)Br)c1. The highest BCUT2D eigenvalue weighted by molar-refractivity contribution is 9.10. The number of rotatable bonds is 5. The molecule has 0 bridgehead atoms. The van der Waals surface area contributed by atoms with Gasteiger partial charge >= 0.3 is 5.97 Å². The molecule has 96 valence electrons. The minimum absolute atomic E-state index is 0.0460. The summed E-state index contributed by atoms with van der Waals surface area (Å²) in [6.07, 6.45) is 3.32. The molecule has 0 fully saturated rings. The molecule has 3 nitrogen and oxygen atoms in total. The Morgan fingerprint density at radius 3 is 2.61 bits per heavy atom. The number of carboxylic acids is 1. The maximum atomic E-state index is 12.0. The highest BCUT2D eigenvalue weighted by atomic mass is 79.9. The Bertz CT molecular complexity index is 490. The quantitative estimate of drug-likeness (QED) is 0.515. The average molecular weight is 311 g/mol. The first-order valence-corrected chi connectivity index (χ1v) is 6.59. The van der Waals surface area contributed by atoms with Crippen LogP contribution in [0.3, 0.4) is 0 Å². The first-order valence-electron chi connectivity index (χ1n) is 5.68. The Labute approximate surface area is 115 Å². The average Bonchev–Trinajstić information content (AvgIpc) is 2.35. The molecule has 0 aromatic heterocycles. The van der Waals surface area contributed by atoms with Crippen LogP contribution in [-0.2, 0) is 11.2 Å². The Kier molecular flexibility index (Phi) is 5.28. The summed E-state index contributed by atoms with van der Waals surface area (Å²) in [6, 6.07) is 5.50. The molecule has 0 radical (unpaired) electrons. The minimum atomic E-state index is -1.03. The molecule has 0 aliphatic rings. The van der Waals surface area contributed by atoms with Crippen LogP contribution in [0.15, 0.2) is 24.3 Å². The molecule has 18 heavy (non-hydrogen) atoms. The number of hydrogen-bond acceptors (Lipinski definition) is 2. The number of carbonyl (C=O) groups excluding carboxylic acids is 1. The first kappa shape index (κ1) is 14.6. The van der Waals surface area contributed by atoms with E-state index in [0.29, 0.717) is 11.1 Å². The van der Waals surface area contributed by atoms with E-state index in [9.17, 15) is 9.59 Å². The third-order valence-electron chi connectivity index (χ3n) is 2.56. The van der Waals surface area contributed by atoms with Crippen molar-refractivity contribution in [3.8, 4) is 0 Å². The zero-order valence-corrected chi connectivity index (χ0v) is 11.9. The van der Waals surface area contributed by atoms with Crippen LogP contribution >= 0.6 is 15.9 Å². The fourth-order valence-electron chi connectivity index (χ4n) is 1.56. The molecule has 0 amide bonds. The van der Waals surface area contributed by atoms with Gasteiger partial charge in [-0.2, -0.15) is 0 Å². The topological polar surface area (TPSA) is 54.4 Å². The Morgan fingerprint density at radius 2 is 2.11 bits per heavy atom. The smallest absolute Gasteiger partial charge is 0.328 e. The molecule has 1 atom stereocenters. The fourth-order valence-corrected chi connectivity index (χ4v) is 1.80. The van der Waals surface area contributed by atoms with E-state index in [1.807, 2.05) is 19.1 Å². The molecule has 4 heteroatoms. The van der Waals surface area contributed by atoms with Gasteiger partial charge in [0, 0.05) is 11.6 Å². The van der Waals surface area contributed by atoms with Crippen molar-refractivity contribution in [2.45, 2.75) is 25.1 Å². The molecule has 1 unspecified atom stereocenters. The first-order chi connectivity index (χ1) is 8.45. The predicted octanol–water partition coefficient (Wildman–Crippen LogP) is 3.31. The van der Waals surface area contributed by atoms with E-state index in [4.69, 9.17) is 5.11 Å². The number of carboxylic acid groups (broad SMARTS) is 1. The third-order valence-corrected chi connectivity index (χ3v) is 2.97. The molecule has 0 aliphatic carbocycles. The van der Waals surface area contributed by atoms with E-state index >= 15 is 0 Å². The van der Waals surface area contributed by atoms with Crippen molar-refractivity contribution in [3.05, 3.63) is 41.0 Å². The Hall–Kier alpha value is -1.42. The van der Waals surface area contributed by atoms with Gasteiger partial charge in [0.25, 0.3) is 0 Å². The van der Waals surface area contributed by atoms with E-state index in [2.05, 4.69) is 15.9 Å². The molecule has 1 rings (SSSR count). The van der Waals surface area contributed by atoms with Crippen LogP contribution in [0.5, 0.6) is 0 Å². The van der Waals surface area contributed by atoms with Gasteiger partial charge in [-0.15, -0.1) is 0 Å². The molecule has 0 saturated heterocycles. The van der Waals surface area contributed by atoms with E-state index in [-0.39, 0.29) is 10.6 Å². The second-order valence-electron chi connectivity index (χ2n) is 3.93. The zero-order valence-electron chi connectivity index (χ0n) is 10.3. The summed E-state index contributed by atoms with van der Waals surface area (Å²) in [5.41, 5.74) is 2.24. The molecule has 0 saturated carbocycles. The van der Waals surface area contributed by atoms with Crippen molar-refractivity contribution in [1.29, 1.82) is 0 Å². The van der Waals surface area contributed by atoms with Crippen molar-refractivity contribution in [3.63, 3.8) is 0 Å². The zero-order chi connectivity index (χ0) is 13.7. The number of alkyl halides is 1. The Morgan fingerprint density at radius 1 is 1.44 bits per heavy atom. The van der Waals surface area contributed by atoms with Crippen LogP contribution in [-0.4, -0.2) is 21.7 Å². The normalized spacial score (nSPS) is 12.6. The molecular formula is C14H15BrO3. The summed E-state index contributed by atoms with van der Waals surface area (Å²) in [6.45, 7) is 3.76. The third kappa shape index (κ3) is 3.81. The van der Waals surface area contributed by atoms with Crippen LogP contribution in [0.1, 0.15) is 35.3 Å². The highest BCUT2D eigenvalue weighted by Crippen LogP contribution is 2.19. The highest BCUT2D eigenvalue weighted by Gasteiger charge is 2.15. The van der Waals surface area contributed by atoms with Gasteiger partial charge < -0.3 is 5.11 Å². The predicted molar refractivity (Wildman–Crippen MR) is 75.2 cm³/mol. The lowest BCUT2D eigenvalue weighted by Crippen LogP contribution is -2.12. The second kappa shape index (κ2) is 6.50. The number of ketones is 1. The molecular weight excluding hydrogens is 296 g/mol. The van der Waals surface area contributed by atoms with Gasteiger partial charge in [0.05, 0.1) is 4.83 Å². The van der Waals surface area contributed by atoms with Gasteiger partial charge in [0.2, 0.25) is 0 Å². The number of aryl methyl sites for hydroxylation is 1. The van der Waals surface area contributed by atoms with E-state index in [1.54, 1.807) is 13.0 Å². The summed E-state index contributed by atoms with van der Waals surface area (Å²) in [7, 11) is 0. The van der Waals surface area contributed by atoms with Gasteiger partial charge in [-0.1, -0.05) is 35.0 Å². The fraction of sp³-hybridized carbons (Fsp3) is 0.286. The number of aliphatic carboxylic acids is 1. The van der Waals surface area contributed by atoms with E-state index in [0.717, 1.165) is 18.1 Å². The number of Topliss-reactive ketones (excluding diaryl/α,β-unsaturated/α-hetero) is 1. The van der Waals surface area contributed by atoms with Crippen LogP contribution in [0.25, 0.3) is 6.08 Å². The van der Waals surface area contributed by atoms with Crippen molar-refractivity contribution in [1.82, 2.24) is 0 Å². The van der Waals surface area contributed by atoms with E-state index in [1.165, 1.54) is 6.08 Å². The van der Waals surface area contributed by atoms with Gasteiger partial charge in [-0.25, -0.2) is 4.79 Å². The number of halogens is 1. The standard InChI is InChI=1S/C14H15BrO3/c1-3-10-4-5-11(6-7-13(16)17)12(8-10)14(18)9(2)15/h4-9H,3H2,1-2H3,(H,16,17). The lowest BCUT2D eigenvalue weighted by molar-refractivity contribution is -0.131. The lowest BCUT2D eigenvalue weighted by Gasteiger charge is -2.09. The van der Waals surface area contributed by atoms with Crippen molar-refractivity contribution >= 4 is 33.8 Å². The Balaban J connectivity index is 3.24. The molecule has 1 N–H and O–H groups in total. The summed E-state index contributed by atoms with van der Waals surface area (Å²) in [5, 5.41) is 8.63. The van der Waals surface area contributed by atoms with Gasteiger partial charge in [0.15, 0.2) is 5.78 Å². The van der Waals surface area contributed by atoms with Gasteiger partial charge in [-0.3, -0.25) is 4.79 Å². The molecule has 1 aromatic carbocycles. The molecule has 0 aliphatic heterocycles. The number of hydrogen-bond donors (Lipinski definition) is 1. The maximum absolute atomic E-state index is 12.0. The summed E-state index contributed by atoms with van der Waals surface area (Å²) < 4.78 is 0. The van der Waals surface area contributed by atoms with Crippen LogP contribution in [0.4, 0.5) is 0 Å². The van der Waals surface area contributed by atoms with Crippen LogP contribution in [0, 0.1) is 0 Å². The van der Waals surface area contributed by atoms with Gasteiger partial charge in [-0.05, 0) is 36.6 Å². The van der Waals surface area contributed by atoms with E-state index < -0.39 is 5.97 Å². The minimum Gasteiger partial charge on any atom is -0.478 e. The van der Waals surface area contributed by atoms with Crippen molar-refractivity contribution in [2.75, 3.05) is 0 Å². The summed E-state index contributed by atoms with van der Waals surface area (Å²) in [4.78, 5) is 22.3. The summed E-state index contributed by atoms with van der Waals surface area (Å²) >= 11 is 3.25. The molecule has 0 heterocycles. The maximum Gasteiger partial charge on any atom is 0.328 e. The number of carbonyl (C=O) groups is 2. The van der Waals surface area contributed by atoms with Crippen molar-refractivity contribution in [2.24, 2.45) is 0 Å². The molecule has 1 aromatic rings. The molecule has 0 spiro atoms. The van der Waals surface area contributed by atoms with Crippen LogP contribution < -0.4 is 0 Å². The van der Waals surface area contributed by atoms with Crippen molar-refractivity contribution < 1.29 is 14.7 Å². The summed E-state index contributed by atoms with van der Waals surface area (Å²) in [5.74, 6) is -1.07. The number of benzene rings is 1. The largest absolute Gasteiger partial charge is 0.478 e. The van der Waals surface area contributed by atoms with Crippen LogP contribution in [0.2, 0.25) is 0 Å². The lowest BCUT2D eigenvalue weighted by atomic mass is 9.98. The van der Waals surface area contributed by atoms with Gasteiger partial charge in [0.1, 0.15) is 0 Å². The second-order valence-corrected chi connectivity index (χ2v) is 5.30. The monoisotopic (exact) mass is 310 g/mol.